The standard InChI is InChI=1S/C12H11NO5/c1-16-11(14)6-17-8-3-2-7-4-9(13)12(15)18-10(7)5-8/h2-5H,6,13H2,1H3. The predicted molar refractivity (Wildman–Crippen MR) is 64.4 cm³/mol. The van der Waals surface area contributed by atoms with E-state index in [2.05, 4.69) is 4.74 Å². The number of benzene rings is 1. The van der Waals surface area contributed by atoms with E-state index in [0.29, 0.717) is 16.7 Å². The number of carbonyl (C=O) groups excluding carboxylic acids is 1. The van der Waals surface area contributed by atoms with E-state index in [-0.39, 0.29) is 12.3 Å². The van der Waals surface area contributed by atoms with E-state index in [1.807, 2.05) is 0 Å². The van der Waals surface area contributed by atoms with Crippen LogP contribution in [0.3, 0.4) is 0 Å². The Bertz CT molecular complexity index is 646. The quantitative estimate of drug-likeness (QED) is 0.642. The Morgan fingerprint density at radius 1 is 1.39 bits per heavy atom. The SMILES string of the molecule is COC(=O)COc1ccc2cc(N)c(=O)oc2c1. The molecule has 1 aromatic heterocycles. The van der Waals surface area contributed by atoms with Gasteiger partial charge in [-0.15, -0.1) is 0 Å². The molecule has 0 spiro atoms. The largest absolute Gasteiger partial charge is 0.482 e. The monoisotopic (exact) mass is 249 g/mol. The van der Waals surface area contributed by atoms with Crippen molar-refractivity contribution in [2.45, 2.75) is 0 Å². The molecule has 0 bridgehead atoms. The molecule has 0 aliphatic rings. The lowest BCUT2D eigenvalue weighted by molar-refractivity contribution is -0.142. The molecule has 6 heteroatoms. The zero-order valence-corrected chi connectivity index (χ0v) is 9.64. The van der Waals surface area contributed by atoms with Crippen molar-refractivity contribution in [3.05, 3.63) is 34.7 Å². The van der Waals surface area contributed by atoms with Gasteiger partial charge < -0.3 is 19.6 Å². The van der Waals surface area contributed by atoms with E-state index in [9.17, 15) is 9.59 Å². The molecule has 0 aliphatic heterocycles. The van der Waals surface area contributed by atoms with Gasteiger partial charge in [-0.25, -0.2) is 9.59 Å². The lowest BCUT2D eigenvalue weighted by Crippen LogP contribution is -2.12. The van der Waals surface area contributed by atoms with Gasteiger partial charge >= 0.3 is 11.6 Å². The van der Waals surface area contributed by atoms with Crippen LogP contribution in [0.15, 0.2) is 33.5 Å². The minimum atomic E-state index is -0.604. The van der Waals surface area contributed by atoms with Crippen molar-refractivity contribution in [1.29, 1.82) is 0 Å². The number of hydrogen-bond acceptors (Lipinski definition) is 6. The average Bonchev–Trinajstić information content (AvgIpc) is 2.37. The Morgan fingerprint density at radius 3 is 2.89 bits per heavy atom. The summed E-state index contributed by atoms with van der Waals surface area (Å²) < 4.78 is 14.6. The van der Waals surface area contributed by atoms with E-state index in [1.54, 1.807) is 12.1 Å². The summed E-state index contributed by atoms with van der Waals surface area (Å²) in [6.07, 6.45) is 0. The van der Waals surface area contributed by atoms with Gasteiger partial charge in [-0.05, 0) is 18.2 Å². The number of ether oxygens (including phenoxy) is 2. The van der Waals surface area contributed by atoms with Gasteiger partial charge in [-0.1, -0.05) is 0 Å². The maximum absolute atomic E-state index is 11.3. The number of methoxy groups -OCH3 is 1. The molecule has 0 fully saturated rings. The van der Waals surface area contributed by atoms with Gasteiger partial charge in [0.05, 0.1) is 7.11 Å². The minimum Gasteiger partial charge on any atom is -0.482 e. The van der Waals surface area contributed by atoms with Crippen LogP contribution in [-0.4, -0.2) is 19.7 Å². The lowest BCUT2D eigenvalue weighted by Gasteiger charge is -2.05. The maximum Gasteiger partial charge on any atom is 0.359 e. The number of rotatable bonds is 3. The van der Waals surface area contributed by atoms with E-state index >= 15 is 0 Å². The third-order valence-corrected chi connectivity index (χ3v) is 2.32. The van der Waals surface area contributed by atoms with Crippen LogP contribution in [0.4, 0.5) is 5.69 Å². The number of esters is 1. The molecular formula is C12H11NO5. The molecular weight excluding hydrogens is 238 g/mol. The Kier molecular flexibility index (Phi) is 3.18. The first kappa shape index (κ1) is 12.0. The van der Waals surface area contributed by atoms with Gasteiger partial charge in [0, 0.05) is 11.5 Å². The van der Waals surface area contributed by atoms with Crippen LogP contribution in [0, 0.1) is 0 Å². The fourth-order valence-corrected chi connectivity index (χ4v) is 1.40. The predicted octanol–water partition coefficient (Wildman–Crippen LogP) is 0.927. The lowest BCUT2D eigenvalue weighted by atomic mass is 10.2. The molecule has 0 unspecified atom stereocenters. The first-order valence-electron chi connectivity index (χ1n) is 5.13. The van der Waals surface area contributed by atoms with Gasteiger partial charge in [0.15, 0.2) is 6.61 Å². The molecule has 18 heavy (non-hydrogen) atoms. The third-order valence-electron chi connectivity index (χ3n) is 2.32. The first-order valence-corrected chi connectivity index (χ1v) is 5.13. The van der Waals surface area contributed by atoms with E-state index in [1.165, 1.54) is 19.2 Å². The highest BCUT2D eigenvalue weighted by Gasteiger charge is 2.05. The van der Waals surface area contributed by atoms with Crippen LogP contribution in [0.1, 0.15) is 0 Å². The minimum absolute atomic E-state index is 0.0470. The second-order valence-corrected chi connectivity index (χ2v) is 3.55. The zero-order chi connectivity index (χ0) is 13.1. The molecule has 0 aliphatic carbocycles. The molecule has 2 aromatic rings. The Hall–Kier alpha value is -2.50. The van der Waals surface area contributed by atoms with Crippen molar-refractivity contribution >= 4 is 22.6 Å². The van der Waals surface area contributed by atoms with Crippen LogP contribution < -0.4 is 16.1 Å². The van der Waals surface area contributed by atoms with Gasteiger partial charge in [-0.2, -0.15) is 0 Å². The van der Waals surface area contributed by atoms with Crippen LogP contribution in [-0.2, 0) is 9.53 Å². The first-order chi connectivity index (χ1) is 8.60. The summed E-state index contributed by atoms with van der Waals surface area (Å²) in [6, 6.07) is 6.36. The van der Waals surface area contributed by atoms with Gasteiger partial charge in [0.2, 0.25) is 0 Å². The Balaban J connectivity index is 2.30. The van der Waals surface area contributed by atoms with Gasteiger partial charge in [-0.3, -0.25) is 0 Å². The number of carbonyl (C=O) groups is 1. The second kappa shape index (κ2) is 4.79. The van der Waals surface area contributed by atoms with Crippen molar-refractivity contribution in [2.24, 2.45) is 0 Å². The summed E-state index contributed by atoms with van der Waals surface area (Å²) in [6.45, 7) is -0.207. The fourth-order valence-electron chi connectivity index (χ4n) is 1.40. The van der Waals surface area contributed by atoms with E-state index < -0.39 is 11.6 Å². The number of nitrogens with two attached hydrogens (primary N) is 1. The normalized spacial score (nSPS) is 10.3. The number of fused-ring (bicyclic) bond motifs is 1. The molecule has 0 radical (unpaired) electrons. The van der Waals surface area contributed by atoms with Crippen molar-refractivity contribution in [3.63, 3.8) is 0 Å². The summed E-state index contributed by atoms with van der Waals surface area (Å²) in [5.74, 6) is -0.0883. The topological polar surface area (TPSA) is 91.8 Å². The van der Waals surface area contributed by atoms with E-state index in [4.69, 9.17) is 14.9 Å². The van der Waals surface area contributed by atoms with Crippen molar-refractivity contribution < 1.29 is 18.7 Å². The molecule has 1 heterocycles. The molecule has 94 valence electrons. The van der Waals surface area contributed by atoms with Crippen LogP contribution in [0.5, 0.6) is 5.75 Å². The molecule has 0 amide bonds. The molecule has 0 saturated carbocycles. The molecule has 1 aromatic carbocycles. The Morgan fingerprint density at radius 2 is 2.17 bits per heavy atom. The van der Waals surface area contributed by atoms with Crippen LogP contribution in [0.25, 0.3) is 11.0 Å². The maximum atomic E-state index is 11.3. The highest BCUT2D eigenvalue weighted by Crippen LogP contribution is 2.20. The van der Waals surface area contributed by atoms with E-state index in [0.717, 1.165) is 0 Å². The number of hydrogen-bond donors (Lipinski definition) is 1. The summed E-state index contributed by atoms with van der Waals surface area (Å²) in [5.41, 5.74) is 5.23. The van der Waals surface area contributed by atoms with Crippen molar-refractivity contribution in [1.82, 2.24) is 0 Å². The van der Waals surface area contributed by atoms with Crippen LogP contribution in [0.2, 0.25) is 0 Å². The summed E-state index contributed by atoms with van der Waals surface area (Å²) in [5, 5.41) is 0.678. The van der Waals surface area contributed by atoms with Crippen molar-refractivity contribution in [3.8, 4) is 5.75 Å². The molecule has 6 nitrogen and oxygen atoms in total. The highest BCUT2D eigenvalue weighted by molar-refractivity contribution is 5.80. The fraction of sp³-hybridized carbons (Fsp3) is 0.167. The Labute approximate surface area is 102 Å². The molecule has 2 N–H and O–H groups in total. The number of anilines is 1. The van der Waals surface area contributed by atoms with Gasteiger partial charge in [0.25, 0.3) is 0 Å². The highest BCUT2D eigenvalue weighted by atomic mass is 16.6. The smallest absolute Gasteiger partial charge is 0.359 e. The molecule has 0 atom stereocenters. The third kappa shape index (κ3) is 2.42. The molecule has 2 rings (SSSR count). The molecule has 0 saturated heterocycles. The van der Waals surface area contributed by atoms with Crippen molar-refractivity contribution in [2.75, 3.05) is 19.5 Å². The summed E-state index contributed by atoms with van der Waals surface area (Å²) >= 11 is 0. The van der Waals surface area contributed by atoms with Gasteiger partial charge in [0.1, 0.15) is 17.0 Å². The number of nitrogen functional groups attached to an aromatic ring is 1. The second-order valence-electron chi connectivity index (χ2n) is 3.55. The average molecular weight is 249 g/mol. The zero-order valence-electron chi connectivity index (χ0n) is 9.64. The summed E-state index contributed by atoms with van der Waals surface area (Å²) in [4.78, 5) is 22.2. The summed E-state index contributed by atoms with van der Waals surface area (Å²) in [7, 11) is 1.27. The van der Waals surface area contributed by atoms with Crippen LogP contribution >= 0.6 is 0 Å².